The third kappa shape index (κ3) is 4.36. The van der Waals surface area contributed by atoms with Gasteiger partial charge in [-0.25, -0.2) is 9.78 Å². The molecule has 144 valence electrons. The molecule has 1 saturated carbocycles. The van der Waals surface area contributed by atoms with Crippen LogP contribution in [0.4, 0.5) is 0 Å². The molecule has 1 aliphatic rings. The summed E-state index contributed by atoms with van der Waals surface area (Å²) in [6.45, 7) is 1.59. The number of oxazole rings is 1. The summed E-state index contributed by atoms with van der Waals surface area (Å²) in [5, 5.41) is 3.39. The summed E-state index contributed by atoms with van der Waals surface area (Å²) in [4.78, 5) is 29.0. The van der Waals surface area contributed by atoms with Crippen LogP contribution in [0.2, 0.25) is 0 Å². The van der Waals surface area contributed by atoms with Crippen LogP contribution in [0.25, 0.3) is 11.1 Å². The number of para-hydroxylation sites is 2. The number of ether oxygens (including phenoxy) is 1. The fourth-order valence-corrected chi connectivity index (χ4v) is 3.56. The molecule has 4 rings (SSSR count). The zero-order chi connectivity index (χ0) is 19.5. The number of benzene rings is 2. The van der Waals surface area contributed by atoms with Crippen LogP contribution in [0, 0.1) is 0 Å². The molecule has 28 heavy (non-hydrogen) atoms. The van der Waals surface area contributed by atoms with Gasteiger partial charge in [-0.1, -0.05) is 42.1 Å². The molecule has 3 aromatic rings. The van der Waals surface area contributed by atoms with Crippen LogP contribution in [0.3, 0.4) is 0 Å². The van der Waals surface area contributed by atoms with Gasteiger partial charge in [0.1, 0.15) is 5.52 Å². The molecule has 1 fully saturated rings. The van der Waals surface area contributed by atoms with Crippen molar-refractivity contribution in [3.63, 3.8) is 0 Å². The van der Waals surface area contributed by atoms with Gasteiger partial charge in [-0.05, 0) is 43.5 Å². The van der Waals surface area contributed by atoms with Crippen molar-refractivity contribution in [3.05, 3.63) is 59.7 Å². The topological polar surface area (TPSA) is 81.4 Å². The summed E-state index contributed by atoms with van der Waals surface area (Å²) in [5.41, 5.74) is 2.77. The van der Waals surface area contributed by atoms with Crippen molar-refractivity contribution in [1.82, 2.24) is 10.3 Å². The molecule has 1 atom stereocenters. The van der Waals surface area contributed by atoms with Gasteiger partial charge in [-0.3, -0.25) is 4.79 Å². The van der Waals surface area contributed by atoms with Gasteiger partial charge >= 0.3 is 5.97 Å². The van der Waals surface area contributed by atoms with Crippen molar-refractivity contribution in [2.45, 2.75) is 42.9 Å². The van der Waals surface area contributed by atoms with E-state index in [9.17, 15) is 9.59 Å². The first-order valence-electron chi connectivity index (χ1n) is 9.18. The van der Waals surface area contributed by atoms with Gasteiger partial charge in [0.05, 0.1) is 5.56 Å². The van der Waals surface area contributed by atoms with Crippen molar-refractivity contribution in [1.29, 1.82) is 0 Å². The number of fused-ring (bicyclic) bond motifs is 1. The summed E-state index contributed by atoms with van der Waals surface area (Å²) in [6.07, 6.45) is 1.15. The van der Waals surface area contributed by atoms with E-state index in [1.54, 1.807) is 19.1 Å². The molecule has 0 saturated heterocycles. The van der Waals surface area contributed by atoms with E-state index in [2.05, 4.69) is 10.3 Å². The van der Waals surface area contributed by atoms with Crippen LogP contribution in [-0.2, 0) is 15.3 Å². The van der Waals surface area contributed by atoms with E-state index in [4.69, 9.17) is 9.15 Å². The summed E-state index contributed by atoms with van der Waals surface area (Å²) in [6, 6.07) is 15.0. The summed E-state index contributed by atoms with van der Waals surface area (Å²) >= 11 is 1.41. The van der Waals surface area contributed by atoms with Gasteiger partial charge in [-0.2, -0.15) is 0 Å². The lowest BCUT2D eigenvalue weighted by atomic mass is 10.1. The minimum Gasteiger partial charge on any atom is -0.449 e. The number of rotatable bonds is 7. The summed E-state index contributed by atoms with van der Waals surface area (Å²) < 4.78 is 11.1. The standard InChI is InChI=1S/C21H20N2O4S/c1-13(19(24)22-15-10-11-15)26-20(25)16-7-3-2-6-14(16)12-28-21-23-17-8-4-5-9-18(17)27-21/h2-9,13,15H,10-12H2,1H3,(H,22,24). The van der Waals surface area contributed by atoms with Crippen molar-refractivity contribution < 1.29 is 18.7 Å². The van der Waals surface area contributed by atoms with Crippen molar-refractivity contribution in [3.8, 4) is 0 Å². The number of nitrogens with one attached hydrogen (secondary N) is 1. The molecule has 7 heteroatoms. The Morgan fingerprint density at radius 2 is 1.96 bits per heavy atom. The van der Waals surface area contributed by atoms with E-state index in [1.807, 2.05) is 36.4 Å². The molecule has 0 bridgehead atoms. The number of thioether (sulfide) groups is 1. The van der Waals surface area contributed by atoms with Crippen LogP contribution in [0.1, 0.15) is 35.7 Å². The Hall–Kier alpha value is -2.80. The Balaban J connectivity index is 1.42. The molecule has 1 aromatic heterocycles. The summed E-state index contributed by atoms with van der Waals surface area (Å²) in [5.74, 6) is -0.262. The van der Waals surface area contributed by atoms with Crippen molar-refractivity contribution in [2.24, 2.45) is 0 Å². The lowest BCUT2D eigenvalue weighted by Crippen LogP contribution is -2.37. The second-order valence-electron chi connectivity index (χ2n) is 6.72. The monoisotopic (exact) mass is 396 g/mol. The number of carbonyl (C=O) groups is 2. The first kappa shape index (κ1) is 18.6. The van der Waals surface area contributed by atoms with Gasteiger partial charge in [0.25, 0.3) is 11.1 Å². The average Bonchev–Trinajstić information content (AvgIpc) is 3.41. The van der Waals surface area contributed by atoms with Gasteiger partial charge in [0.15, 0.2) is 11.7 Å². The van der Waals surface area contributed by atoms with Crippen LogP contribution in [0.5, 0.6) is 0 Å². The largest absolute Gasteiger partial charge is 0.449 e. The lowest BCUT2D eigenvalue weighted by molar-refractivity contribution is -0.129. The molecule has 1 amide bonds. The predicted octanol–water partition coefficient (Wildman–Crippen LogP) is 3.94. The van der Waals surface area contributed by atoms with Crippen LogP contribution >= 0.6 is 11.8 Å². The average molecular weight is 396 g/mol. The molecule has 1 unspecified atom stereocenters. The number of aromatic nitrogens is 1. The molecule has 0 spiro atoms. The highest BCUT2D eigenvalue weighted by Crippen LogP contribution is 2.27. The predicted molar refractivity (Wildman–Crippen MR) is 106 cm³/mol. The van der Waals surface area contributed by atoms with Crippen molar-refractivity contribution >= 4 is 34.7 Å². The van der Waals surface area contributed by atoms with E-state index in [1.165, 1.54) is 11.8 Å². The van der Waals surface area contributed by atoms with Crippen LogP contribution < -0.4 is 5.32 Å². The number of nitrogens with zero attached hydrogens (tertiary/aromatic N) is 1. The third-order valence-electron chi connectivity index (χ3n) is 4.44. The van der Waals surface area contributed by atoms with Gasteiger partial charge in [0.2, 0.25) is 0 Å². The molecule has 2 aromatic carbocycles. The fourth-order valence-electron chi connectivity index (χ4n) is 2.72. The smallest absolute Gasteiger partial charge is 0.339 e. The molecule has 0 aliphatic heterocycles. The van der Waals surface area contributed by atoms with E-state index < -0.39 is 12.1 Å². The minimum atomic E-state index is -0.828. The highest BCUT2D eigenvalue weighted by molar-refractivity contribution is 7.98. The van der Waals surface area contributed by atoms with E-state index in [0.717, 1.165) is 29.5 Å². The number of hydrogen-bond donors (Lipinski definition) is 1. The maximum Gasteiger partial charge on any atom is 0.339 e. The Morgan fingerprint density at radius 1 is 1.21 bits per heavy atom. The van der Waals surface area contributed by atoms with Gasteiger partial charge in [0, 0.05) is 11.8 Å². The molecular weight excluding hydrogens is 376 g/mol. The van der Waals surface area contributed by atoms with E-state index >= 15 is 0 Å². The zero-order valence-electron chi connectivity index (χ0n) is 15.4. The van der Waals surface area contributed by atoms with Crippen LogP contribution in [-0.4, -0.2) is 29.0 Å². The third-order valence-corrected chi connectivity index (χ3v) is 5.32. The highest BCUT2D eigenvalue weighted by atomic mass is 32.2. The number of carbonyl (C=O) groups excluding carboxylic acids is 2. The van der Waals surface area contributed by atoms with Gasteiger partial charge in [-0.15, -0.1) is 0 Å². The maximum absolute atomic E-state index is 12.6. The highest BCUT2D eigenvalue weighted by Gasteiger charge is 2.27. The normalized spacial score (nSPS) is 14.6. The maximum atomic E-state index is 12.6. The second kappa shape index (κ2) is 8.06. The SMILES string of the molecule is CC(OC(=O)c1ccccc1CSc1nc2ccccc2o1)C(=O)NC1CC1. The molecule has 6 nitrogen and oxygen atoms in total. The van der Waals surface area contributed by atoms with Gasteiger partial charge < -0.3 is 14.5 Å². The molecule has 1 N–H and O–H groups in total. The molecular formula is C21H20N2O4S. The summed E-state index contributed by atoms with van der Waals surface area (Å²) in [7, 11) is 0. The van der Waals surface area contributed by atoms with E-state index in [0.29, 0.717) is 16.5 Å². The Bertz CT molecular complexity index is 979. The first-order valence-corrected chi connectivity index (χ1v) is 10.2. The first-order chi connectivity index (χ1) is 13.6. The van der Waals surface area contributed by atoms with Crippen molar-refractivity contribution in [2.75, 3.05) is 0 Å². The fraction of sp³-hybridized carbons (Fsp3) is 0.286. The molecule has 1 aliphatic carbocycles. The van der Waals surface area contributed by atoms with E-state index in [-0.39, 0.29) is 11.9 Å². The Kier molecular flexibility index (Phi) is 5.34. The Labute approximate surface area is 166 Å². The quantitative estimate of drug-likeness (QED) is 0.481. The minimum absolute atomic E-state index is 0.230. The van der Waals surface area contributed by atoms with Crippen LogP contribution in [0.15, 0.2) is 58.2 Å². The number of esters is 1. The number of hydrogen-bond acceptors (Lipinski definition) is 6. The number of amides is 1. The molecule has 1 heterocycles. The molecule has 0 radical (unpaired) electrons. The lowest BCUT2D eigenvalue weighted by Gasteiger charge is -2.14. The second-order valence-corrected chi connectivity index (χ2v) is 7.65. The zero-order valence-corrected chi connectivity index (χ0v) is 16.2. The Morgan fingerprint density at radius 3 is 2.75 bits per heavy atom.